The molecule has 1 fully saturated rings. The highest BCUT2D eigenvalue weighted by Crippen LogP contribution is 2.60. The predicted molar refractivity (Wildman–Crippen MR) is 199 cm³/mol. The number of para-hydroxylation sites is 1. The summed E-state index contributed by atoms with van der Waals surface area (Å²) in [4.78, 5) is 56.7. The molecule has 12 heteroatoms. The summed E-state index contributed by atoms with van der Waals surface area (Å²) in [6.45, 7) is 6.05. The molecule has 1 spiro atoms. The Hall–Kier alpha value is -4.52. The number of hydrogen-bond donors (Lipinski definition) is 3. The van der Waals surface area contributed by atoms with Crippen LogP contribution in [0.4, 0.5) is 5.69 Å². The van der Waals surface area contributed by atoms with Crippen LogP contribution in [0.5, 0.6) is 0 Å². The molecule has 5 aromatic rings. The highest BCUT2D eigenvalue weighted by molar-refractivity contribution is 6.71. The van der Waals surface area contributed by atoms with Crippen molar-refractivity contribution in [3.05, 3.63) is 129 Å². The Morgan fingerprint density at radius 2 is 1.69 bits per heavy atom. The average Bonchev–Trinajstić information content (AvgIpc) is 3.68. The summed E-state index contributed by atoms with van der Waals surface area (Å²) >= 11 is 6.57. The molecule has 3 heterocycles. The van der Waals surface area contributed by atoms with Crippen molar-refractivity contribution in [1.82, 2.24) is 14.7 Å². The molecule has 264 valence electrons. The average molecular weight is 725 g/mol. The molecule has 0 aliphatic carbocycles. The highest BCUT2D eigenvalue weighted by atomic mass is 35.5. The number of ether oxygens (including phenoxy) is 1. The number of fused-ring (bicyclic) bond motifs is 3. The highest BCUT2D eigenvalue weighted by Gasteiger charge is 2.66. The summed E-state index contributed by atoms with van der Waals surface area (Å²) in [7, 11) is -3.03. The fourth-order valence-electron chi connectivity index (χ4n) is 8.10. The van der Waals surface area contributed by atoms with E-state index in [2.05, 4.69) is 5.10 Å². The minimum atomic E-state index is -3.03. The van der Waals surface area contributed by atoms with Gasteiger partial charge >= 0.3 is 0 Å². The lowest BCUT2D eigenvalue weighted by molar-refractivity contribution is -0.150. The molecule has 1 aromatic heterocycles. The van der Waals surface area contributed by atoms with E-state index in [0.29, 0.717) is 33.9 Å². The number of carbonyl (C=O) groups is 2. The van der Waals surface area contributed by atoms with Crippen LogP contribution in [-0.2, 0) is 33.0 Å². The topological polar surface area (TPSA) is 128 Å². The molecule has 4 atom stereocenters. The molecule has 0 saturated carbocycles. The summed E-state index contributed by atoms with van der Waals surface area (Å²) in [5, 5.41) is 14.0. The number of H-pyrrole nitrogens is 1. The SMILES string of the molecule is C[C@H]1[C@H]([Si](C)(C)O)[C@@H](CC(=O)N(CCO)Cc2ccccc2)O[C@]12C(=O)N(Cc1ccc(-n3[nH]c4ccccc4c3=O)cc1)c1ccc(Cl)cc12. The first-order valence-corrected chi connectivity index (χ1v) is 20.6. The zero-order chi connectivity index (χ0) is 36.1. The Labute approximate surface area is 302 Å². The molecule has 0 radical (unpaired) electrons. The number of hydrogen-bond acceptors (Lipinski definition) is 6. The molecule has 3 N–H and O–H groups in total. The van der Waals surface area contributed by atoms with Gasteiger partial charge in [0.25, 0.3) is 11.5 Å². The molecule has 4 aromatic carbocycles. The van der Waals surface area contributed by atoms with Crippen molar-refractivity contribution in [2.45, 2.75) is 56.8 Å². The minimum Gasteiger partial charge on any atom is -0.432 e. The number of aromatic amines is 1. The standard InChI is InChI=1S/C39H41ClN4O6Si/c1-25-36(51(2,3)49)34(22-35(46)42(19-20-45)23-26-9-5-4-6-10-26)50-39(25)31-21-28(40)15-18-33(31)43(38(39)48)24-27-13-16-29(17-14-27)44-37(47)30-11-7-8-12-32(30)41-44/h4-18,21,25,34,36,41,45,49H,19-20,22-24H2,1-3H3/t25-,34+,36-,39+/m0/s1. The van der Waals surface area contributed by atoms with Gasteiger partial charge in [0.05, 0.1) is 48.0 Å². The first kappa shape index (κ1) is 34.9. The van der Waals surface area contributed by atoms with Gasteiger partial charge in [-0.3, -0.25) is 19.5 Å². The van der Waals surface area contributed by atoms with E-state index in [1.165, 1.54) is 4.68 Å². The summed E-state index contributed by atoms with van der Waals surface area (Å²) < 4.78 is 8.36. The maximum atomic E-state index is 14.8. The van der Waals surface area contributed by atoms with E-state index in [4.69, 9.17) is 16.3 Å². The van der Waals surface area contributed by atoms with Crippen LogP contribution in [0.1, 0.15) is 30.0 Å². The molecule has 0 unspecified atom stereocenters. The van der Waals surface area contributed by atoms with Gasteiger partial charge in [0.1, 0.15) is 0 Å². The third-order valence-corrected chi connectivity index (χ3v) is 13.1. The third kappa shape index (κ3) is 6.23. The zero-order valence-electron chi connectivity index (χ0n) is 28.8. The van der Waals surface area contributed by atoms with Crippen molar-refractivity contribution in [2.75, 3.05) is 18.1 Å². The fourth-order valence-corrected chi connectivity index (χ4v) is 10.8. The number of rotatable bonds is 10. The van der Waals surface area contributed by atoms with E-state index < -0.39 is 31.5 Å². The van der Waals surface area contributed by atoms with Crippen LogP contribution in [0, 0.1) is 5.92 Å². The Kier molecular flexibility index (Phi) is 9.27. The molecule has 51 heavy (non-hydrogen) atoms. The quantitative estimate of drug-likeness (QED) is 0.158. The molecule has 2 aliphatic rings. The monoisotopic (exact) mass is 724 g/mol. The number of aromatic nitrogens is 2. The lowest BCUT2D eigenvalue weighted by atomic mass is 9.82. The summed E-state index contributed by atoms with van der Waals surface area (Å²) in [5.41, 5.74) is 2.36. The summed E-state index contributed by atoms with van der Waals surface area (Å²) in [5.74, 6) is -0.987. The zero-order valence-corrected chi connectivity index (χ0v) is 30.5. The smallest absolute Gasteiger partial charge is 0.279 e. The van der Waals surface area contributed by atoms with Crippen LogP contribution in [-0.4, -0.2) is 64.0 Å². The Morgan fingerprint density at radius 1 is 0.980 bits per heavy atom. The molecule has 7 rings (SSSR count). The van der Waals surface area contributed by atoms with Crippen LogP contribution in [0.3, 0.4) is 0 Å². The second-order valence-electron chi connectivity index (χ2n) is 14.1. The van der Waals surface area contributed by atoms with Gasteiger partial charge in [-0.15, -0.1) is 0 Å². The molecular formula is C39H41ClN4O6Si. The molecule has 0 bridgehead atoms. The third-order valence-electron chi connectivity index (χ3n) is 10.4. The van der Waals surface area contributed by atoms with Gasteiger partial charge in [-0.2, -0.15) is 0 Å². The van der Waals surface area contributed by atoms with Crippen LogP contribution < -0.4 is 10.5 Å². The summed E-state index contributed by atoms with van der Waals surface area (Å²) in [6.07, 6.45) is -0.806. The Bertz CT molecular complexity index is 2150. The number of halogens is 1. The number of nitrogens with one attached hydrogen (secondary N) is 1. The van der Waals surface area contributed by atoms with Crippen LogP contribution in [0.15, 0.2) is 102 Å². The Morgan fingerprint density at radius 3 is 2.37 bits per heavy atom. The van der Waals surface area contributed by atoms with Crippen molar-refractivity contribution in [3.8, 4) is 5.69 Å². The Balaban J connectivity index is 1.19. The van der Waals surface area contributed by atoms with E-state index in [-0.39, 0.29) is 43.5 Å². The predicted octanol–water partition coefficient (Wildman–Crippen LogP) is 5.73. The van der Waals surface area contributed by atoms with Gasteiger partial charge in [-0.25, -0.2) is 4.68 Å². The van der Waals surface area contributed by atoms with Gasteiger partial charge in [0.15, 0.2) is 13.9 Å². The normalized spacial score (nSPS) is 21.5. The van der Waals surface area contributed by atoms with Crippen molar-refractivity contribution < 1.29 is 24.2 Å². The second kappa shape index (κ2) is 13.6. The van der Waals surface area contributed by atoms with E-state index >= 15 is 0 Å². The van der Waals surface area contributed by atoms with Crippen LogP contribution in [0.25, 0.3) is 16.6 Å². The van der Waals surface area contributed by atoms with Gasteiger partial charge < -0.3 is 24.4 Å². The number of aliphatic hydroxyl groups excluding tert-OH is 1. The number of benzene rings is 4. The number of carbonyl (C=O) groups excluding carboxylic acids is 2. The van der Waals surface area contributed by atoms with Crippen molar-refractivity contribution in [3.63, 3.8) is 0 Å². The number of amides is 2. The lowest BCUT2D eigenvalue weighted by Crippen LogP contribution is -2.46. The van der Waals surface area contributed by atoms with Crippen molar-refractivity contribution >= 4 is 48.3 Å². The van der Waals surface area contributed by atoms with Crippen LogP contribution in [0.2, 0.25) is 23.7 Å². The maximum absolute atomic E-state index is 14.8. The van der Waals surface area contributed by atoms with Crippen molar-refractivity contribution in [1.29, 1.82) is 0 Å². The van der Waals surface area contributed by atoms with E-state index in [1.54, 1.807) is 28.0 Å². The van der Waals surface area contributed by atoms with Gasteiger partial charge in [0.2, 0.25) is 5.91 Å². The van der Waals surface area contributed by atoms with E-state index in [1.807, 2.05) is 98.9 Å². The maximum Gasteiger partial charge on any atom is 0.279 e. The van der Waals surface area contributed by atoms with Crippen molar-refractivity contribution in [2.24, 2.45) is 5.92 Å². The minimum absolute atomic E-state index is 0.0572. The van der Waals surface area contributed by atoms with Gasteiger partial charge in [-0.1, -0.05) is 73.1 Å². The van der Waals surface area contributed by atoms with E-state index in [9.17, 15) is 24.3 Å². The number of anilines is 1. The van der Waals surface area contributed by atoms with E-state index in [0.717, 1.165) is 16.6 Å². The molecule has 2 amide bonds. The molecule has 2 aliphatic heterocycles. The first-order valence-electron chi connectivity index (χ1n) is 17.2. The summed E-state index contributed by atoms with van der Waals surface area (Å²) in [6, 6.07) is 29.7. The van der Waals surface area contributed by atoms with Gasteiger partial charge in [0, 0.05) is 35.1 Å². The fraction of sp³-hybridized carbons (Fsp3) is 0.308. The lowest BCUT2D eigenvalue weighted by Gasteiger charge is -2.32. The molecule has 1 saturated heterocycles. The second-order valence-corrected chi connectivity index (χ2v) is 18.5. The first-order chi connectivity index (χ1) is 24.4. The van der Waals surface area contributed by atoms with Gasteiger partial charge in [-0.05, 0) is 66.7 Å². The largest absolute Gasteiger partial charge is 0.432 e. The number of aliphatic hydroxyl groups is 1. The van der Waals surface area contributed by atoms with Crippen LogP contribution >= 0.6 is 11.6 Å². The number of nitrogens with zero attached hydrogens (tertiary/aromatic N) is 3. The molecule has 10 nitrogen and oxygen atoms in total. The molecular weight excluding hydrogens is 684 g/mol.